The zero-order valence-corrected chi connectivity index (χ0v) is 12.2. The molecule has 102 valence electrons. The predicted octanol–water partition coefficient (Wildman–Crippen LogP) is 3.28. The zero-order chi connectivity index (χ0) is 12.6. The van der Waals surface area contributed by atoms with Crippen LogP contribution in [0.2, 0.25) is 0 Å². The van der Waals surface area contributed by atoms with E-state index in [2.05, 4.69) is 31.1 Å². The molecule has 2 nitrogen and oxygen atoms in total. The SMILES string of the molecule is CCCCCN(C)CC1(CCC)CCNCC1. The van der Waals surface area contributed by atoms with E-state index in [1.807, 2.05) is 0 Å². The van der Waals surface area contributed by atoms with Crippen LogP contribution in [0.3, 0.4) is 0 Å². The summed E-state index contributed by atoms with van der Waals surface area (Å²) >= 11 is 0. The van der Waals surface area contributed by atoms with Crippen molar-refractivity contribution >= 4 is 0 Å². The van der Waals surface area contributed by atoms with Crippen LogP contribution < -0.4 is 5.32 Å². The van der Waals surface area contributed by atoms with E-state index in [9.17, 15) is 0 Å². The van der Waals surface area contributed by atoms with Crippen LogP contribution in [0.25, 0.3) is 0 Å². The number of piperidine rings is 1. The van der Waals surface area contributed by atoms with Crippen molar-refractivity contribution in [3.8, 4) is 0 Å². The molecule has 0 radical (unpaired) electrons. The van der Waals surface area contributed by atoms with Gasteiger partial charge in [0.2, 0.25) is 0 Å². The second kappa shape index (κ2) is 8.10. The first-order chi connectivity index (χ1) is 8.22. The van der Waals surface area contributed by atoms with E-state index in [1.54, 1.807) is 0 Å². The molecule has 0 spiro atoms. The minimum absolute atomic E-state index is 0.612. The maximum atomic E-state index is 3.50. The highest BCUT2D eigenvalue weighted by molar-refractivity contribution is 4.86. The van der Waals surface area contributed by atoms with Crippen LogP contribution in [0, 0.1) is 5.41 Å². The van der Waals surface area contributed by atoms with Crippen molar-refractivity contribution in [1.82, 2.24) is 10.2 Å². The van der Waals surface area contributed by atoms with Gasteiger partial charge in [0.25, 0.3) is 0 Å². The average molecular weight is 240 g/mol. The number of nitrogens with one attached hydrogen (secondary N) is 1. The molecule has 0 atom stereocenters. The summed E-state index contributed by atoms with van der Waals surface area (Å²) in [5.41, 5.74) is 0.612. The molecule has 1 N–H and O–H groups in total. The highest BCUT2D eigenvalue weighted by Crippen LogP contribution is 2.34. The Morgan fingerprint density at radius 2 is 1.76 bits per heavy atom. The van der Waals surface area contributed by atoms with Crippen LogP contribution in [0.4, 0.5) is 0 Å². The van der Waals surface area contributed by atoms with Crippen molar-refractivity contribution in [2.45, 2.75) is 58.8 Å². The van der Waals surface area contributed by atoms with Crippen molar-refractivity contribution in [1.29, 1.82) is 0 Å². The van der Waals surface area contributed by atoms with Gasteiger partial charge in [0, 0.05) is 6.54 Å². The molecule has 0 aromatic carbocycles. The molecule has 1 aliphatic rings. The van der Waals surface area contributed by atoms with E-state index >= 15 is 0 Å². The first-order valence-corrected chi connectivity index (χ1v) is 7.62. The Kier molecular flexibility index (Phi) is 7.14. The largest absolute Gasteiger partial charge is 0.317 e. The fraction of sp³-hybridized carbons (Fsp3) is 1.00. The second-order valence-corrected chi connectivity index (χ2v) is 5.94. The van der Waals surface area contributed by atoms with Gasteiger partial charge in [0.05, 0.1) is 0 Å². The molecule has 2 heteroatoms. The fourth-order valence-electron chi connectivity index (χ4n) is 3.26. The van der Waals surface area contributed by atoms with Crippen molar-refractivity contribution in [3.05, 3.63) is 0 Å². The number of nitrogens with zero attached hydrogens (tertiary/aromatic N) is 1. The van der Waals surface area contributed by atoms with Crippen LogP contribution in [0.5, 0.6) is 0 Å². The molecule has 1 saturated heterocycles. The van der Waals surface area contributed by atoms with Gasteiger partial charge >= 0.3 is 0 Å². The molecule has 1 fully saturated rings. The lowest BCUT2D eigenvalue weighted by Gasteiger charge is -2.40. The first-order valence-electron chi connectivity index (χ1n) is 7.62. The number of unbranched alkanes of at least 4 members (excludes halogenated alkanes) is 2. The van der Waals surface area contributed by atoms with Crippen LogP contribution in [-0.4, -0.2) is 38.1 Å². The molecule has 1 aliphatic heterocycles. The van der Waals surface area contributed by atoms with Crippen LogP contribution in [0.1, 0.15) is 58.8 Å². The number of rotatable bonds is 8. The normalized spacial score (nSPS) is 19.8. The Morgan fingerprint density at radius 3 is 2.35 bits per heavy atom. The van der Waals surface area contributed by atoms with Gasteiger partial charge in [-0.05, 0) is 57.8 Å². The molecular formula is C15H32N2. The molecule has 0 aliphatic carbocycles. The number of hydrogen-bond donors (Lipinski definition) is 1. The third kappa shape index (κ3) is 5.39. The standard InChI is InChI=1S/C15H32N2/c1-4-6-7-13-17(3)14-15(8-5-2)9-11-16-12-10-15/h16H,4-14H2,1-3H3. The lowest BCUT2D eigenvalue weighted by Crippen LogP contribution is -2.44. The van der Waals surface area contributed by atoms with Gasteiger partial charge in [-0.1, -0.05) is 33.1 Å². The van der Waals surface area contributed by atoms with E-state index in [4.69, 9.17) is 0 Å². The van der Waals surface area contributed by atoms with Gasteiger partial charge in [-0.2, -0.15) is 0 Å². The Hall–Kier alpha value is -0.0800. The zero-order valence-electron chi connectivity index (χ0n) is 12.2. The summed E-state index contributed by atoms with van der Waals surface area (Å²) in [6.45, 7) is 9.66. The van der Waals surface area contributed by atoms with E-state index < -0.39 is 0 Å². The summed E-state index contributed by atoms with van der Waals surface area (Å²) in [6, 6.07) is 0. The summed E-state index contributed by atoms with van der Waals surface area (Å²) < 4.78 is 0. The topological polar surface area (TPSA) is 15.3 Å². The summed E-state index contributed by atoms with van der Waals surface area (Å²) in [7, 11) is 2.31. The van der Waals surface area contributed by atoms with Crippen molar-refractivity contribution in [2.75, 3.05) is 33.2 Å². The van der Waals surface area contributed by atoms with Crippen LogP contribution in [-0.2, 0) is 0 Å². The van der Waals surface area contributed by atoms with Crippen molar-refractivity contribution in [3.63, 3.8) is 0 Å². The first kappa shape index (κ1) is 15.0. The van der Waals surface area contributed by atoms with Gasteiger partial charge in [0.15, 0.2) is 0 Å². The highest BCUT2D eigenvalue weighted by Gasteiger charge is 2.31. The quantitative estimate of drug-likeness (QED) is 0.655. The Bertz CT molecular complexity index is 180. The molecule has 0 bridgehead atoms. The lowest BCUT2D eigenvalue weighted by molar-refractivity contribution is 0.115. The number of hydrogen-bond acceptors (Lipinski definition) is 2. The molecule has 0 aromatic heterocycles. The van der Waals surface area contributed by atoms with E-state index in [1.165, 1.54) is 71.1 Å². The molecule has 1 heterocycles. The summed E-state index contributed by atoms with van der Waals surface area (Å²) in [5, 5.41) is 3.50. The van der Waals surface area contributed by atoms with Crippen molar-refractivity contribution in [2.24, 2.45) is 5.41 Å². The smallest absolute Gasteiger partial charge is 0.00359 e. The Balaban J connectivity index is 2.36. The molecular weight excluding hydrogens is 208 g/mol. The lowest BCUT2D eigenvalue weighted by atomic mass is 9.75. The average Bonchev–Trinajstić information content (AvgIpc) is 2.30. The summed E-state index contributed by atoms with van der Waals surface area (Å²) in [5.74, 6) is 0. The minimum Gasteiger partial charge on any atom is -0.317 e. The van der Waals surface area contributed by atoms with Gasteiger partial charge in [-0.25, -0.2) is 0 Å². The molecule has 0 unspecified atom stereocenters. The molecule has 0 aromatic rings. The van der Waals surface area contributed by atoms with Crippen molar-refractivity contribution < 1.29 is 0 Å². The Morgan fingerprint density at radius 1 is 1.06 bits per heavy atom. The molecule has 17 heavy (non-hydrogen) atoms. The second-order valence-electron chi connectivity index (χ2n) is 5.94. The minimum atomic E-state index is 0.612. The third-order valence-electron chi connectivity index (χ3n) is 4.19. The highest BCUT2D eigenvalue weighted by atomic mass is 15.1. The Labute approximate surface area is 108 Å². The van der Waals surface area contributed by atoms with Gasteiger partial charge in [-0.15, -0.1) is 0 Å². The maximum absolute atomic E-state index is 3.50. The molecule has 1 rings (SSSR count). The summed E-state index contributed by atoms with van der Waals surface area (Å²) in [4.78, 5) is 2.58. The van der Waals surface area contributed by atoms with Gasteiger partial charge in [-0.3, -0.25) is 0 Å². The van der Waals surface area contributed by atoms with Crippen LogP contribution in [0.15, 0.2) is 0 Å². The predicted molar refractivity (Wildman–Crippen MR) is 76.5 cm³/mol. The molecule has 0 saturated carbocycles. The monoisotopic (exact) mass is 240 g/mol. The fourth-order valence-corrected chi connectivity index (χ4v) is 3.26. The maximum Gasteiger partial charge on any atom is 0.00359 e. The van der Waals surface area contributed by atoms with Crippen LogP contribution >= 0.6 is 0 Å². The third-order valence-corrected chi connectivity index (χ3v) is 4.19. The van der Waals surface area contributed by atoms with Gasteiger partial charge in [0.1, 0.15) is 0 Å². The van der Waals surface area contributed by atoms with E-state index in [0.717, 1.165) is 0 Å². The van der Waals surface area contributed by atoms with Gasteiger partial charge < -0.3 is 10.2 Å². The molecule has 0 amide bonds. The van der Waals surface area contributed by atoms with E-state index in [-0.39, 0.29) is 0 Å². The summed E-state index contributed by atoms with van der Waals surface area (Å²) in [6.07, 6.45) is 9.57. The van der Waals surface area contributed by atoms with E-state index in [0.29, 0.717) is 5.41 Å².